The summed E-state index contributed by atoms with van der Waals surface area (Å²) in [7, 11) is 1.90. The molecule has 0 N–H and O–H groups in total. The van der Waals surface area contributed by atoms with E-state index in [1.807, 2.05) is 11.9 Å². The summed E-state index contributed by atoms with van der Waals surface area (Å²) in [6.45, 7) is 1.54. The van der Waals surface area contributed by atoms with Crippen LogP contribution >= 0.6 is 0 Å². The Labute approximate surface area is 60.0 Å². The highest BCUT2D eigenvalue weighted by molar-refractivity contribution is 4.71. The standard InChI is InChI=1S/C7H13F2N/c1-10-4-2-3-6(5-10)7(8)9/h6-7H,2-5H2,1H3/t6-/m0/s1. The fourth-order valence-corrected chi connectivity index (χ4v) is 1.41. The second-order valence-electron chi connectivity index (χ2n) is 3.00. The van der Waals surface area contributed by atoms with Crippen LogP contribution in [0.2, 0.25) is 0 Å². The molecule has 3 heteroatoms. The van der Waals surface area contributed by atoms with Crippen molar-refractivity contribution in [3.8, 4) is 0 Å². The van der Waals surface area contributed by atoms with E-state index >= 15 is 0 Å². The van der Waals surface area contributed by atoms with Crippen LogP contribution in [0, 0.1) is 5.92 Å². The Morgan fingerprint density at radius 3 is 2.60 bits per heavy atom. The number of likely N-dealkylation sites (tertiary alicyclic amines) is 1. The maximum absolute atomic E-state index is 12.1. The van der Waals surface area contributed by atoms with Crippen LogP contribution < -0.4 is 0 Å². The van der Waals surface area contributed by atoms with Crippen molar-refractivity contribution in [2.24, 2.45) is 5.92 Å². The quantitative estimate of drug-likeness (QED) is 0.547. The van der Waals surface area contributed by atoms with E-state index in [1.54, 1.807) is 0 Å². The van der Waals surface area contributed by atoms with Crippen LogP contribution in [0.25, 0.3) is 0 Å². The summed E-state index contributed by atoms with van der Waals surface area (Å²) in [5, 5.41) is 0. The third-order valence-corrected chi connectivity index (χ3v) is 2.02. The Balaban J connectivity index is 2.32. The van der Waals surface area contributed by atoms with Crippen molar-refractivity contribution in [1.82, 2.24) is 4.90 Å². The summed E-state index contributed by atoms with van der Waals surface area (Å²) in [5.41, 5.74) is 0. The Hall–Kier alpha value is -0.180. The van der Waals surface area contributed by atoms with Gasteiger partial charge in [-0.1, -0.05) is 0 Å². The van der Waals surface area contributed by atoms with E-state index in [0.717, 1.165) is 13.0 Å². The van der Waals surface area contributed by atoms with Crippen molar-refractivity contribution in [2.45, 2.75) is 19.3 Å². The molecule has 0 spiro atoms. The van der Waals surface area contributed by atoms with Crippen LogP contribution in [-0.4, -0.2) is 31.5 Å². The minimum absolute atomic E-state index is 0.376. The molecule has 0 aromatic rings. The van der Waals surface area contributed by atoms with Gasteiger partial charge in [0.15, 0.2) is 0 Å². The molecule has 1 aliphatic rings. The van der Waals surface area contributed by atoms with Crippen LogP contribution in [0.15, 0.2) is 0 Å². The fourth-order valence-electron chi connectivity index (χ4n) is 1.41. The summed E-state index contributed by atoms with van der Waals surface area (Å²) in [4.78, 5) is 1.97. The van der Waals surface area contributed by atoms with Crippen molar-refractivity contribution < 1.29 is 8.78 Å². The lowest BCUT2D eigenvalue weighted by atomic mass is 9.99. The Bertz CT molecular complexity index is 106. The molecule has 1 atom stereocenters. The van der Waals surface area contributed by atoms with Crippen LogP contribution in [-0.2, 0) is 0 Å². The fraction of sp³-hybridized carbons (Fsp3) is 1.00. The molecule has 10 heavy (non-hydrogen) atoms. The van der Waals surface area contributed by atoms with E-state index in [9.17, 15) is 8.78 Å². The minimum atomic E-state index is -2.12. The summed E-state index contributed by atoms with van der Waals surface area (Å²) >= 11 is 0. The molecule has 1 rings (SSSR count). The van der Waals surface area contributed by atoms with Crippen molar-refractivity contribution >= 4 is 0 Å². The summed E-state index contributed by atoms with van der Waals surface area (Å²) in [6, 6.07) is 0. The lowest BCUT2D eigenvalue weighted by Crippen LogP contribution is -2.35. The van der Waals surface area contributed by atoms with Gasteiger partial charge in [-0.3, -0.25) is 0 Å². The highest BCUT2D eigenvalue weighted by Gasteiger charge is 2.24. The van der Waals surface area contributed by atoms with Gasteiger partial charge in [-0.15, -0.1) is 0 Å². The highest BCUT2D eigenvalue weighted by atomic mass is 19.3. The minimum Gasteiger partial charge on any atom is -0.306 e. The van der Waals surface area contributed by atoms with E-state index < -0.39 is 6.43 Å². The van der Waals surface area contributed by atoms with Crippen molar-refractivity contribution in [3.05, 3.63) is 0 Å². The normalized spacial score (nSPS) is 29.4. The van der Waals surface area contributed by atoms with E-state index in [0.29, 0.717) is 13.0 Å². The topological polar surface area (TPSA) is 3.24 Å². The Morgan fingerprint density at radius 1 is 1.50 bits per heavy atom. The largest absolute Gasteiger partial charge is 0.306 e. The molecule has 0 amide bonds. The first-order valence-electron chi connectivity index (χ1n) is 3.67. The molecule has 1 fully saturated rings. The molecular formula is C7H13F2N. The molecule has 1 aliphatic heterocycles. The zero-order chi connectivity index (χ0) is 7.56. The Kier molecular flexibility index (Phi) is 2.60. The maximum atomic E-state index is 12.1. The van der Waals surface area contributed by atoms with Gasteiger partial charge in [-0.25, -0.2) is 8.78 Å². The second kappa shape index (κ2) is 3.28. The molecule has 0 bridgehead atoms. The summed E-state index contributed by atoms with van der Waals surface area (Å²) in [5.74, 6) is -0.376. The smallest absolute Gasteiger partial charge is 0.242 e. The third-order valence-electron chi connectivity index (χ3n) is 2.02. The average molecular weight is 149 g/mol. The molecule has 0 aliphatic carbocycles. The van der Waals surface area contributed by atoms with Gasteiger partial charge in [-0.2, -0.15) is 0 Å². The molecular weight excluding hydrogens is 136 g/mol. The van der Waals surface area contributed by atoms with E-state index in [4.69, 9.17) is 0 Å². The van der Waals surface area contributed by atoms with E-state index in [2.05, 4.69) is 0 Å². The Morgan fingerprint density at radius 2 is 2.20 bits per heavy atom. The lowest BCUT2D eigenvalue weighted by molar-refractivity contribution is 0.0349. The molecule has 1 saturated heterocycles. The summed E-state index contributed by atoms with van der Waals surface area (Å²) in [6.07, 6.45) is -0.504. The number of hydrogen-bond acceptors (Lipinski definition) is 1. The predicted molar refractivity (Wildman–Crippen MR) is 36.2 cm³/mol. The van der Waals surface area contributed by atoms with Gasteiger partial charge in [-0.05, 0) is 26.4 Å². The lowest BCUT2D eigenvalue weighted by Gasteiger charge is -2.28. The molecule has 60 valence electrons. The van der Waals surface area contributed by atoms with Crippen molar-refractivity contribution in [3.63, 3.8) is 0 Å². The summed E-state index contributed by atoms with van der Waals surface area (Å²) < 4.78 is 24.1. The highest BCUT2D eigenvalue weighted by Crippen LogP contribution is 2.21. The number of hydrogen-bond donors (Lipinski definition) is 0. The van der Waals surface area contributed by atoms with Crippen molar-refractivity contribution in [1.29, 1.82) is 0 Å². The average Bonchev–Trinajstić information content (AvgIpc) is 1.88. The molecule has 0 radical (unpaired) electrons. The van der Waals surface area contributed by atoms with Gasteiger partial charge in [0.25, 0.3) is 0 Å². The third kappa shape index (κ3) is 1.90. The number of halogens is 2. The number of alkyl halides is 2. The zero-order valence-corrected chi connectivity index (χ0v) is 6.19. The molecule has 0 aromatic carbocycles. The molecule has 0 aromatic heterocycles. The van der Waals surface area contributed by atoms with E-state index in [-0.39, 0.29) is 5.92 Å². The molecule has 0 unspecified atom stereocenters. The SMILES string of the molecule is CN1CCC[C@H](C(F)F)C1. The maximum Gasteiger partial charge on any atom is 0.242 e. The van der Waals surface area contributed by atoms with Gasteiger partial charge in [0, 0.05) is 12.5 Å². The van der Waals surface area contributed by atoms with Gasteiger partial charge in [0.05, 0.1) is 0 Å². The van der Waals surface area contributed by atoms with Crippen LogP contribution in [0.5, 0.6) is 0 Å². The molecule has 1 heterocycles. The van der Waals surface area contributed by atoms with Gasteiger partial charge in [0.2, 0.25) is 6.43 Å². The van der Waals surface area contributed by atoms with Crippen LogP contribution in [0.3, 0.4) is 0 Å². The predicted octanol–water partition coefficient (Wildman–Crippen LogP) is 1.59. The number of rotatable bonds is 1. The van der Waals surface area contributed by atoms with Gasteiger partial charge >= 0.3 is 0 Å². The first-order valence-corrected chi connectivity index (χ1v) is 3.67. The van der Waals surface area contributed by atoms with Crippen molar-refractivity contribution in [2.75, 3.05) is 20.1 Å². The van der Waals surface area contributed by atoms with E-state index in [1.165, 1.54) is 0 Å². The van der Waals surface area contributed by atoms with Crippen LogP contribution in [0.1, 0.15) is 12.8 Å². The number of piperidine rings is 1. The number of nitrogens with zero attached hydrogens (tertiary/aromatic N) is 1. The molecule has 0 saturated carbocycles. The van der Waals surface area contributed by atoms with Gasteiger partial charge < -0.3 is 4.90 Å². The first-order chi connectivity index (χ1) is 4.70. The monoisotopic (exact) mass is 149 g/mol. The zero-order valence-electron chi connectivity index (χ0n) is 6.19. The van der Waals surface area contributed by atoms with Gasteiger partial charge in [0.1, 0.15) is 0 Å². The first kappa shape index (κ1) is 7.92. The molecule has 1 nitrogen and oxygen atoms in total. The second-order valence-corrected chi connectivity index (χ2v) is 3.00. The van der Waals surface area contributed by atoms with Crippen LogP contribution in [0.4, 0.5) is 8.78 Å².